The number of thiophene rings is 1. The molecule has 1 saturated heterocycles. The molecule has 2 aromatic rings. The van der Waals surface area contributed by atoms with Crippen molar-refractivity contribution in [1.82, 2.24) is 14.9 Å². The largest absolute Gasteiger partial charge is 0.376 e. The van der Waals surface area contributed by atoms with Crippen LogP contribution in [-0.4, -0.2) is 34.7 Å². The topological polar surface area (TPSA) is 73.2 Å². The highest BCUT2D eigenvalue weighted by molar-refractivity contribution is 7.18. The number of fused-ring (bicyclic) bond motifs is 3. The molecule has 0 bridgehead atoms. The second kappa shape index (κ2) is 6.05. The molecule has 7 heteroatoms. The van der Waals surface area contributed by atoms with Crippen molar-refractivity contribution in [3.8, 4) is 0 Å². The summed E-state index contributed by atoms with van der Waals surface area (Å²) >= 11 is 1.61. The molecule has 122 valence electrons. The molecule has 6 nitrogen and oxygen atoms in total. The van der Waals surface area contributed by atoms with Crippen LogP contribution in [0.25, 0.3) is 10.2 Å². The van der Waals surface area contributed by atoms with E-state index in [9.17, 15) is 9.59 Å². The monoisotopic (exact) mass is 333 g/mol. The summed E-state index contributed by atoms with van der Waals surface area (Å²) in [4.78, 5) is 31.2. The highest BCUT2D eigenvalue weighted by atomic mass is 32.1. The maximum atomic E-state index is 12.7. The van der Waals surface area contributed by atoms with Crippen LogP contribution in [0.3, 0.4) is 0 Å². The zero-order valence-corrected chi connectivity index (χ0v) is 13.7. The van der Waals surface area contributed by atoms with E-state index in [4.69, 9.17) is 4.74 Å². The number of rotatable bonds is 4. The van der Waals surface area contributed by atoms with Gasteiger partial charge in [-0.15, -0.1) is 11.3 Å². The number of hydrogen-bond donors (Lipinski definition) is 1. The Labute approximate surface area is 137 Å². The van der Waals surface area contributed by atoms with Gasteiger partial charge in [-0.1, -0.05) is 0 Å². The third-order valence-corrected chi connectivity index (χ3v) is 5.76. The van der Waals surface area contributed by atoms with Gasteiger partial charge < -0.3 is 10.1 Å². The number of nitrogens with one attached hydrogen (secondary N) is 1. The van der Waals surface area contributed by atoms with Crippen LogP contribution >= 0.6 is 11.3 Å². The zero-order valence-electron chi connectivity index (χ0n) is 12.8. The number of aryl methyl sites for hydroxylation is 2. The number of carbonyl (C=O) groups is 1. The van der Waals surface area contributed by atoms with Crippen LogP contribution in [0.15, 0.2) is 11.1 Å². The lowest BCUT2D eigenvalue weighted by Gasteiger charge is -2.11. The Morgan fingerprint density at radius 2 is 2.35 bits per heavy atom. The van der Waals surface area contributed by atoms with Crippen molar-refractivity contribution in [2.45, 2.75) is 44.8 Å². The highest BCUT2D eigenvalue weighted by Gasteiger charge is 2.22. The van der Waals surface area contributed by atoms with Crippen molar-refractivity contribution < 1.29 is 9.53 Å². The summed E-state index contributed by atoms with van der Waals surface area (Å²) in [6.07, 6.45) is 6.71. The first-order chi connectivity index (χ1) is 11.2. The van der Waals surface area contributed by atoms with Crippen LogP contribution in [0.1, 0.15) is 29.7 Å². The Kier molecular flexibility index (Phi) is 3.90. The number of ether oxygens (including phenoxy) is 1. The quantitative estimate of drug-likeness (QED) is 0.914. The van der Waals surface area contributed by atoms with E-state index in [0.717, 1.165) is 54.5 Å². The van der Waals surface area contributed by atoms with Gasteiger partial charge in [0.15, 0.2) is 0 Å². The van der Waals surface area contributed by atoms with Gasteiger partial charge in [-0.05, 0) is 37.7 Å². The summed E-state index contributed by atoms with van der Waals surface area (Å²) < 4.78 is 6.90. The molecule has 0 spiro atoms. The molecule has 0 aromatic carbocycles. The molecule has 3 heterocycles. The van der Waals surface area contributed by atoms with Gasteiger partial charge in [-0.2, -0.15) is 0 Å². The number of nitrogens with zero attached hydrogens (tertiary/aromatic N) is 2. The van der Waals surface area contributed by atoms with Gasteiger partial charge in [0, 0.05) is 18.0 Å². The van der Waals surface area contributed by atoms with Crippen molar-refractivity contribution in [1.29, 1.82) is 0 Å². The first kappa shape index (κ1) is 14.8. The van der Waals surface area contributed by atoms with Crippen LogP contribution in [0.5, 0.6) is 0 Å². The first-order valence-corrected chi connectivity index (χ1v) is 8.92. The lowest BCUT2D eigenvalue weighted by Crippen LogP contribution is -2.36. The second-order valence-corrected chi connectivity index (χ2v) is 7.24. The highest BCUT2D eigenvalue weighted by Crippen LogP contribution is 2.34. The Morgan fingerprint density at radius 3 is 3.17 bits per heavy atom. The van der Waals surface area contributed by atoms with E-state index in [1.54, 1.807) is 11.3 Å². The smallest absolute Gasteiger partial charge is 0.262 e. The second-order valence-electron chi connectivity index (χ2n) is 6.15. The standard InChI is InChI=1S/C16H19N3O3S/c20-13(17-7-10-3-2-6-22-10)8-19-9-18-15-14(16(19)21)11-4-1-5-12(11)23-15/h9-10H,1-8H2,(H,17,20). The van der Waals surface area contributed by atoms with Crippen molar-refractivity contribution in [3.05, 3.63) is 27.1 Å². The van der Waals surface area contributed by atoms with E-state index in [2.05, 4.69) is 10.3 Å². The molecule has 1 atom stereocenters. The molecule has 1 amide bonds. The number of carbonyl (C=O) groups excluding carboxylic acids is 1. The average Bonchev–Trinajstić information content (AvgIpc) is 3.23. The minimum absolute atomic E-state index is 0.0130. The maximum Gasteiger partial charge on any atom is 0.262 e. The van der Waals surface area contributed by atoms with Gasteiger partial charge in [0.05, 0.1) is 17.8 Å². The van der Waals surface area contributed by atoms with E-state index in [1.165, 1.54) is 15.8 Å². The lowest BCUT2D eigenvalue weighted by atomic mass is 10.2. The molecule has 1 unspecified atom stereocenters. The molecular weight excluding hydrogens is 314 g/mol. The minimum Gasteiger partial charge on any atom is -0.376 e. The van der Waals surface area contributed by atoms with E-state index in [1.807, 2.05) is 0 Å². The number of hydrogen-bond acceptors (Lipinski definition) is 5. The number of aromatic nitrogens is 2. The SMILES string of the molecule is O=C(Cn1cnc2sc3c(c2c1=O)CCC3)NCC1CCCO1. The fourth-order valence-corrected chi connectivity index (χ4v) is 4.60. The Bertz CT molecular complexity index is 805. The molecular formula is C16H19N3O3S. The van der Waals surface area contributed by atoms with Gasteiger partial charge in [0.25, 0.3) is 5.56 Å². The fourth-order valence-electron chi connectivity index (χ4n) is 3.38. The van der Waals surface area contributed by atoms with E-state index in [0.29, 0.717) is 6.54 Å². The van der Waals surface area contributed by atoms with Crippen LogP contribution < -0.4 is 10.9 Å². The molecule has 2 aromatic heterocycles. The zero-order chi connectivity index (χ0) is 15.8. The third-order valence-electron chi connectivity index (χ3n) is 4.56. The average molecular weight is 333 g/mol. The molecule has 1 aliphatic carbocycles. The summed E-state index contributed by atoms with van der Waals surface area (Å²) in [7, 11) is 0. The van der Waals surface area contributed by atoms with Crippen LogP contribution in [0, 0.1) is 0 Å². The van der Waals surface area contributed by atoms with Gasteiger partial charge in [-0.25, -0.2) is 4.98 Å². The molecule has 23 heavy (non-hydrogen) atoms. The Hall–Kier alpha value is -1.73. The predicted molar refractivity (Wildman–Crippen MR) is 87.9 cm³/mol. The van der Waals surface area contributed by atoms with Crippen LogP contribution in [0.4, 0.5) is 0 Å². The van der Waals surface area contributed by atoms with Crippen molar-refractivity contribution >= 4 is 27.5 Å². The summed E-state index contributed by atoms with van der Waals surface area (Å²) in [5.41, 5.74) is 1.05. The fraction of sp³-hybridized carbons (Fsp3) is 0.562. The Morgan fingerprint density at radius 1 is 1.43 bits per heavy atom. The molecule has 2 aliphatic rings. The van der Waals surface area contributed by atoms with Gasteiger partial charge in [0.1, 0.15) is 11.4 Å². The molecule has 1 N–H and O–H groups in total. The summed E-state index contributed by atoms with van der Waals surface area (Å²) in [6.45, 7) is 1.29. The summed E-state index contributed by atoms with van der Waals surface area (Å²) in [5, 5.41) is 3.57. The minimum atomic E-state index is -0.171. The third kappa shape index (κ3) is 2.79. The maximum absolute atomic E-state index is 12.7. The van der Waals surface area contributed by atoms with Gasteiger partial charge in [0.2, 0.25) is 5.91 Å². The molecule has 1 fully saturated rings. The molecule has 0 radical (unpaired) electrons. The first-order valence-electron chi connectivity index (χ1n) is 8.10. The van der Waals surface area contributed by atoms with Crippen LogP contribution in [0.2, 0.25) is 0 Å². The number of amides is 1. The van der Waals surface area contributed by atoms with Gasteiger partial charge in [-0.3, -0.25) is 14.2 Å². The molecule has 1 aliphatic heterocycles. The van der Waals surface area contributed by atoms with Gasteiger partial charge >= 0.3 is 0 Å². The molecule has 0 saturated carbocycles. The lowest BCUT2D eigenvalue weighted by molar-refractivity contribution is -0.122. The van der Waals surface area contributed by atoms with Crippen molar-refractivity contribution in [3.63, 3.8) is 0 Å². The van der Waals surface area contributed by atoms with Crippen LogP contribution in [-0.2, 0) is 28.9 Å². The van der Waals surface area contributed by atoms with E-state index >= 15 is 0 Å². The van der Waals surface area contributed by atoms with Crippen molar-refractivity contribution in [2.24, 2.45) is 0 Å². The van der Waals surface area contributed by atoms with E-state index in [-0.39, 0.29) is 24.1 Å². The summed E-state index contributed by atoms with van der Waals surface area (Å²) in [5.74, 6) is -0.171. The van der Waals surface area contributed by atoms with E-state index < -0.39 is 0 Å². The summed E-state index contributed by atoms with van der Waals surface area (Å²) in [6, 6.07) is 0. The molecule has 4 rings (SSSR count). The Balaban J connectivity index is 1.51. The van der Waals surface area contributed by atoms with Crippen molar-refractivity contribution in [2.75, 3.05) is 13.2 Å². The predicted octanol–water partition coefficient (Wildman–Crippen LogP) is 1.24. The normalized spacial score (nSPS) is 20.1.